The van der Waals surface area contributed by atoms with Crippen molar-refractivity contribution >= 4 is 5.97 Å². The van der Waals surface area contributed by atoms with E-state index in [1.165, 1.54) is 7.11 Å². The number of carbonyl (C=O) groups is 1. The third-order valence-corrected chi connectivity index (χ3v) is 2.21. The van der Waals surface area contributed by atoms with Crippen LogP contribution in [0.1, 0.15) is 19.8 Å². The Hall–Kier alpha value is -0.610. The van der Waals surface area contributed by atoms with Crippen molar-refractivity contribution in [3.05, 3.63) is 0 Å². The van der Waals surface area contributed by atoms with E-state index in [0.717, 1.165) is 12.8 Å². The molecule has 1 aliphatic rings. The first kappa shape index (κ1) is 10.5. The van der Waals surface area contributed by atoms with Crippen LogP contribution in [0.4, 0.5) is 0 Å². The van der Waals surface area contributed by atoms with E-state index in [2.05, 4.69) is 0 Å². The summed E-state index contributed by atoms with van der Waals surface area (Å²) in [6.07, 6.45) is 2.31. The van der Waals surface area contributed by atoms with Crippen LogP contribution in [-0.2, 0) is 14.3 Å². The molecule has 1 fully saturated rings. The first-order valence-electron chi connectivity index (χ1n) is 4.45. The Balaban J connectivity index is 2.38. The molecule has 0 aromatic rings. The summed E-state index contributed by atoms with van der Waals surface area (Å²) in [6, 6.07) is 0. The van der Waals surface area contributed by atoms with Gasteiger partial charge in [0.2, 0.25) is 0 Å². The second-order valence-corrected chi connectivity index (χ2v) is 3.72. The number of methoxy groups -OCH3 is 1. The molecule has 0 heterocycles. The molecule has 1 rings (SSSR count). The third-order valence-electron chi connectivity index (χ3n) is 2.21. The molecule has 1 saturated carbocycles. The number of rotatable bonds is 6. The summed E-state index contributed by atoms with van der Waals surface area (Å²) in [6.45, 7) is 2.17. The van der Waals surface area contributed by atoms with Gasteiger partial charge in [-0.15, -0.1) is 0 Å². The molecule has 0 spiro atoms. The highest BCUT2D eigenvalue weighted by molar-refractivity contribution is 5.77. The Morgan fingerprint density at radius 1 is 1.62 bits per heavy atom. The number of aliphatic carboxylic acids is 1. The van der Waals surface area contributed by atoms with Crippen LogP contribution in [-0.4, -0.2) is 37.0 Å². The molecule has 0 aliphatic heterocycles. The molecule has 1 aliphatic carbocycles. The molecule has 13 heavy (non-hydrogen) atoms. The quantitative estimate of drug-likeness (QED) is 0.673. The van der Waals surface area contributed by atoms with E-state index in [1.54, 1.807) is 6.92 Å². The summed E-state index contributed by atoms with van der Waals surface area (Å²) in [5.41, 5.74) is -1.18. The summed E-state index contributed by atoms with van der Waals surface area (Å²) in [5, 5.41) is 8.89. The van der Waals surface area contributed by atoms with Gasteiger partial charge in [-0.3, -0.25) is 0 Å². The van der Waals surface area contributed by atoms with Crippen molar-refractivity contribution in [2.75, 3.05) is 20.3 Å². The van der Waals surface area contributed by atoms with Crippen molar-refractivity contribution in [3.63, 3.8) is 0 Å². The molecule has 1 unspecified atom stereocenters. The summed E-state index contributed by atoms with van der Waals surface area (Å²) in [7, 11) is 1.47. The average molecular weight is 188 g/mol. The molecule has 1 N–H and O–H groups in total. The fourth-order valence-electron chi connectivity index (χ4n) is 1.03. The molecule has 0 aromatic carbocycles. The van der Waals surface area contributed by atoms with Gasteiger partial charge in [0.05, 0.1) is 13.2 Å². The van der Waals surface area contributed by atoms with Crippen LogP contribution in [0.3, 0.4) is 0 Å². The maximum Gasteiger partial charge on any atom is 0.338 e. The van der Waals surface area contributed by atoms with Gasteiger partial charge in [0, 0.05) is 7.11 Å². The summed E-state index contributed by atoms with van der Waals surface area (Å²) in [4.78, 5) is 10.8. The number of hydrogen-bond donors (Lipinski definition) is 1. The van der Waals surface area contributed by atoms with E-state index < -0.39 is 11.6 Å². The van der Waals surface area contributed by atoms with E-state index >= 15 is 0 Å². The summed E-state index contributed by atoms with van der Waals surface area (Å²) >= 11 is 0. The maximum atomic E-state index is 10.8. The molecule has 0 radical (unpaired) electrons. The molecule has 0 amide bonds. The van der Waals surface area contributed by atoms with Crippen LogP contribution < -0.4 is 0 Å². The van der Waals surface area contributed by atoms with Crippen molar-refractivity contribution in [2.45, 2.75) is 25.4 Å². The zero-order valence-corrected chi connectivity index (χ0v) is 8.08. The van der Waals surface area contributed by atoms with E-state index in [-0.39, 0.29) is 6.61 Å². The third kappa shape index (κ3) is 2.97. The number of hydrogen-bond acceptors (Lipinski definition) is 3. The Bertz CT molecular complexity index is 188. The smallest absolute Gasteiger partial charge is 0.338 e. The topological polar surface area (TPSA) is 55.8 Å². The minimum absolute atomic E-state index is 0.0923. The molecular weight excluding hydrogens is 172 g/mol. The maximum absolute atomic E-state index is 10.8. The van der Waals surface area contributed by atoms with Crippen LogP contribution in [0, 0.1) is 5.92 Å². The van der Waals surface area contributed by atoms with Gasteiger partial charge in [0.15, 0.2) is 5.60 Å². The predicted octanol–water partition coefficient (Wildman–Crippen LogP) is 0.903. The highest BCUT2D eigenvalue weighted by Crippen LogP contribution is 2.30. The minimum atomic E-state index is -1.18. The number of ether oxygens (including phenoxy) is 2. The highest BCUT2D eigenvalue weighted by atomic mass is 16.6. The van der Waals surface area contributed by atoms with E-state index in [1.807, 2.05) is 0 Å². The number of carboxylic acids is 1. The SMILES string of the molecule is COCC(C)(OCC1CC1)C(=O)O. The van der Waals surface area contributed by atoms with Gasteiger partial charge in [-0.2, -0.15) is 0 Å². The van der Waals surface area contributed by atoms with Crippen LogP contribution in [0.5, 0.6) is 0 Å². The second kappa shape index (κ2) is 4.07. The highest BCUT2D eigenvalue weighted by Gasteiger charge is 2.36. The van der Waals surface area contributed by atoms with Crippen molar-refractivity contribution in [1.82, 2.24) is 0 Å². The first-order chi connectivity index (χ1) is 6.08. The molecule has 0 saturated heterocycles. The average Bonchev–Trinajstić information content (AvgIpc) is 2.84. The lowest BCUT2D eigenvalue weighted by atomic mass is 10.1. The van der Waals surface area contributed by atoms with Gasteiger partial charge in [0.1, 0.15) is 0 Å². The lowest BCUT2D eigenvalue weighted by Gasteiger charge is -2.24. The van der Waals surface area contributed by atoms with Crippen LogP contribution in [0.2, 0.25) is 0 Å². The van der Waals surface area contributed by atoms with Gasteiger partial charge in [-0.25, -0.2) is 4.79 Å². The lowest BCUT2D eigenvalue weighted by molar-refractivity contribution is -0.171. The fraction of sp³-hybridized carbons (Fsp3) is 0.889. The molecule has 1 atom stereocenters. The van der Waals surface area contributed by atoms with Gasteiger partial charge >= 0.3 is 5.97 Å². The van der Waals surface area contributed by atoms with Crippen molar-refractivity contribution in [1.29, 1.82) is 0 Å². The molecule has 4 nitrogen and oxygen atoms in total. The van der Waals surface area contributed by atoms with Gasteiger partial charge in [-0.1, -0.05) is 0 Å². The second-order valence-electron chi connectivity index (χ2n) is 3.72. The predicted molar refractivity (Wildman–Crippen MR) is 46.6 cm³/mol. The first-order valence-corrected chi connectivity index (χ1v) is 4.45. The van der Waals surface area contributed by atoms with Crippen molar-refractivity contribution in [2.24, 2.45) is 5.92 Å². The van der Waals surface area contributed by atoms with Crippen LogP contribution in [0.25, 0.3) is 0 Å². The van der Waals surface area contributed by atoms with E-state index in [4.69, 9.17) is 14.6 Å². The molecule has 0 aromatic heterocycles. The summed E-state index contributed by atoms with van der Waals surface area (Å²) in [5.74, 6) is -0.398. The molecule has 0 bridgehead atoms. The Morgan fingerprint density at radius 3 is 2.62 bits per heavy atom. The fourth-order valence-corrected chi connectivity index (χ4v) is 1.03. The lowest BCUT2D eigenvalue weighted by Crippen LogP contribution is -2.43. The zero-order chi connectivity index (χ0) is 9.90. The Labute approximate surface area is 77.8 Å². The van der Waals surface area contributed by atoms with Gasteiger partial charge < -0.3 is 14.6 Å². The molecule has 76 valence electrons. The largest absolute Gasteiger partial charge is 0.479 e. The standard InChI is InChI=1S/C9H16O4/c1-9(6-12-2,8(10)11)13-5-7-3-4-7/h7H,3-6H2,1-2H3,(H,10,11). The zero-order valence-electron chi connectivity index (χ0n) is 8.08. The van der Waals surface area contributed by atoms with Gasteiger partial charge in [0.25, 0.3) is 0 Å². The van der Waals surface area contributed by atoms with E-state index in [9.17, 15) is 4.79 Å². The Kier molecular flexibility index (Phi) is 3.27. The van der Waals surface area contributed by atoms with E-state index in [0.29, 0.717) is 12.5 Å². The van der Waals surface area contributed by atoms with Crippen LogP contribution >= 0.6 is 0 Å². The number of carboxylic acid groups (broad SMARTS) is 1. The molecule has 4 heteroatoms. The van der Waals surface area contributed by atoms with Crippen molar-refractivity contribution < 1.29 is 19.4 Å². The minimum Gasteiger partial charge on any atom is -0.479 e. The van der Waals surface area contributed by atoms with Gasteiger partial charge in [-0.05, 0) is 25.7 Å². The summed E-state index contributed by atoms with van der Waals surface area (Å²) < 4.78 is 10.1. The normalized spacial score (nSPS) is 21.1. The molecular formula is C9H16O4. The van der Waals surface area contributed by atoms with Crippen molar-refractivity contribution in [3.8, 4) is 0 Å². The Morgan fingerprint density at radius 2 is 2.23 bits per heavy atom. The monoisotopic (exact) mass is 188 g/mol. The van der Waals surface area contributed by atoms with Crippen LogP contribution in [0.15, 0.2) is 0 Å².